The lowest BCUT2D eigenvalue weighted by atomic mass is 10.0. The maximum absolute atomic E-state index is 12.3. The maximum Gasteiger partial charge on any atom is 0.490 e. The Kier molecular flexibility index (Phi) is 12.7. The summed E-state index contributed by atoms with van der Waals surface area (Å²) in [5.74, 6) is -9.84. The van der Waals surface area contributed by atoms with Gasteiger partial charge in [0.1, 0.15) is 12.1 Å². The van der Waals surface area contributed by atoms with E-state index in [0.717, 1.165) is 0 Å². The standard InChI is InChI=1S/C18H24N6O7.C2HF3O2/c1-8(2)13(17(30)31)24-14(27)11(7-12(25)26)23-16(29)15(28)21-9-3-5-10(6-4-9)22-18(19)20;3-2(4,5)1(6)7/h3-6,8,11,13H,7H2,1-2H3,(H,21,28)(H,23,29)(H,24,27)(H,25,26)(H,30,31)(H4,19,20,22);(H,6,7)/t11-,13-;/m0./s1. The van der Waals surface area contributed by atoms with E-state index < -0.39 is 66.2 Å². The molecule has 0 heterocycles. The van der Waals surface area contributed by atoms with Crippen molar-refractivity contribution >= 4 is 53.0 Å². The summed E-state index contributed by atoms with van der Waals surface area (Å²) in [6, 6.07) is 2.81. The number of hydrogen-bond acceptors (Lipinski definition) is 7. The molecule has 18 heteroatoms. The lowest BCUT2D eigenvalue weighted by Crippen LogP contribution is -2.55. The van der Waals surface area contributed by atoms with Crippen LogP contribution in [0.3, 0.4) is 0 Å². The molecule has 0 spiro atoms. The fourth-order valence-electron chi connectivity index (χ4n) is 2.36. The minimum Gasteiger partial charge on any atom is -0.481 e. The number of carboxylic acids is 3. The van der Waals surface area contributed by atoms with Gasteiger partial charge in [-0.15, -0.1) is 0 Å². The number of rotatable bonds is 9. The van der Waals surface area contributed by atoms with Crippen LogP contribution in [0.15, 0.2) is 24.3 Å². The van der Waals surface area contributed by atoms with Gasteiger partial charge in [-0.1, -0.05) is 13.8 Å². The van der Waals surface area contributed by atoms with Crippen molar-refractivity contribution in [2.75, 3.05) is 10.6 Å². The van der Waals surface area contributed by atoms with Crippen LogP contribution < -0.4 is 27.0 Å². The van der Waals surface area contributed by atoms with Gasteiger partial charge < -0.3 is 42.3 Å². The van der Waals surface area contributed by atoms with E-state index in [2.05, 4.69) is 16.0 Å². The van der Waals surface area contributed by atoms with Gasteiger partial charge in [0.25, 0.3) is 0 Å². The summed E-state index contributed by atoms with van der Waals surface area (Å²) in [5, 5.41) is 41.3. The fourth-order valence-corrected chi connectivity index (χ4v) is 2.36. The number of guanidine groups is 1. The summed E-state index contributed by atoms with van der Waals surface area (Å²) < 4.78 is 31.7. The quantitative estimate of drug-likeness (QED) is 0.110. The Morgan fingerprint density at radius 2 is 1.34 bits per heavy atom. The summed E-state index contributed by atoms with van der Waals surface area (Å²) >= 11 is 0. The molecule has 0 saturated carbocycles. The van der Waals surface area contributed by atoms with Crippen molar-refractivity contribution in [2.45, 2.75) is 38.5 Å². The molecule has 0 saturated heterocycles. The molecule has 2 atom stereocenters. The molecule has 0 unspecified atom stereocenters. The van der Waals surface area contributed by atoms with Crippen molar-refractivity contribution in [1.82, 2.24) is 10.6 Å². The van der Waals surface area contributed by atoms with E-state index in [0.29, 0.717) is 5.69 Å². The minimum absolute atomic E-state index is 0.208. The minimum atomic E-state index is -5.08. The Balaban J connectivity index is 0.00000171. The Morgan fingerprint density at radius 3 is 1.68 bits per heavy atom. The lowest BCUT2D eigenvalue weighted by Gasteiger charge is -2.22. The molecule has 1 aromatic carbocycles. The van der Waals surface area contributed by atoms with E-state index in [1.165, 1.54) is 38.1 Å². The summed E-state index contributed by atoms with van der Waals surface area (Å²) in [7, 11) is 0. The zero-order valence-corrected chi connectivity index (χ0v) is 19.8. The highest BCUT2D eigenvalue weighted by atomic mass is 19.4. The Morgan fingerprint density at radius 1 is 0.895 bits per heavy atom. The normalized spacial score (nSPS) is 12.1. The van der Waals surface area contributed by atoms with Crippen LogP contribution in [0.25, 0.3) is 0 Å². The average Bonchev–Trinajstić information content (AvgIpc) is 2.76. The molecular weight excluding hydrogens is 525 g/mol. The monoisotopic (exact) mass is 550 g/mol. The number of carboxylic acid groups (broad SMARTS) is 3. The molecular formula is C20H25F3N6O9. The Bertz CT molecular complexity index is 1060. The molecule has 3 amide bonds. The first-order valence-electron chi connectivity index (χ1n) is 10.2. The molecule has 1 aromatic rings. The molecule has 0 bridgehead atoms. The van der Waals surface area contributed by atoms with Crippen molar-refractivity contribution in [3.63, 3.8) is 0 Å². The van der Waals surface area contributed by atoms with Crippen LogP contribution in [-0.2, 0) is 28.8 Å². The molecule has 0 aromatic heterocycles. The average molecular weight is 550 g/mol. The van der Waals surface area contributed by atoms with Crippen LogP contribution >= 0.6 is 0 Å². The second kappa shape index (κ2) is 14.6. The van der Waals surface area contributed by atoms with Crippen LogP contribution in [0, 0.1) is 11.3 Å². The van der Waals surface area contributed by atoms with Gasteiger partial charge in [-0.2, -0.15) is 13.2 Å². The number of nitrogens with two attached hydrogens (primary N) is 1. The number of carbonyl (C=O) groups excluding carboxylic acids is 3. The van der Waals surface area contributed by atoms with E-state index in [-0.39, 0.29) is 11.6 Å². The highest BCUT2D eigenvalue weighted by molar-refractivity contribution is 6.40. The van der Waals surface area contributed by atoms with Gasteiger partial charge in [0.2, 0.25) is 5.91 Å². The maximum atomic E-state index is 12.3. The van der Waals surface area contributed by atoms with Crippen LogP contribution in [0.4, 0.5) is 24.5 Å². The molecule has 38 heavy (non-hydrogen) atoms. The summed E-state index contributed by atoms with van der Waals surface area (Å²) in [6.45, 7) is 3.07. The Labute approximate surface area is 212 Å². The summed E-state index contributed by atoms with van der Waals surface area (Å²) in [4.78, 5) is 67.7. The number of aliphatic carboxylic acids is 3. The van der Waals surface area contributed by atoms with Crippen LogP contribution in [-0.4, -0.2) is 75.2 Å². The van der Waals surface area contributed by atoms with Gasteiger partial charge in [-0.25, -0.2) is 9.59 Å². The molecule has 0 fully saturated rings. The fraction of sp³-hybridized carbons (Fsp3) is 0.350. The highest BCUT2D eigenvalue weighted by Crippen LogP contribution is 2.14. The molecule has 10 N–H and O–H groups in total. The smallest absolute Gasteiger partial charge is 0.481 e. The van der Waals surface area contributed by atoms with E-state index in [9.17, 15) is 37.1 Å². The first-order valence-corrected chi connectivity index (χ1v) is 10.2. The number of hydrogen-bond donors (Lipinski definition) is 9. The SMILES string of the molecule is CC(C)[C@H](NC(=O)[C@H](CC(=O)O)NC(=O)C(=O)Nc1ccc(NC(=N)N)cc1)C(=O)O.O=C(O)C(F)(F)F. The molecule has 0 aliphatic rings. The van der Waals surface area contributed by atoms with Crippen LogP contribution in [0.2, 0.25) is 0 Å². The van der Waals surface area contributed by atoms with E-state index >= 15 is 0 Å². The summed E-state index contributed by atoms with van der Waals surface area (Å²) in [5.41, 5.74) is 5.87. The third kappa shape index (κ3) is 12.7. The van der Waals surface area contributed by atoms with Crippen molar-refractivity contribution in [3.8, 4) is 0 Å². The van der Waals surface area contributed by atoms with Gasteiger partial charge in [-0.05, 0) is 30.2 Å². The third-order valence-electron chi connectivity index (χ3n) is 4.10. The lowest BCUT2D eigenvalue weighted by molar-refractivity contribution is -0.192. The highest BCUT2D eigenvalue weighted by Gasteiger charge is 2.38. The number of alkyl halides is 3. The number of nitrogens with one attached hydrogen (secondary N) is 5. The Hall–Kier alpha value is -4.90. The third-order valence-corrected chi connectivity index (χ3v) is 4.10. The molecule has 15 nitrogen and oxygen atoms in total. The van der Waals surface area contributed by atoms with Crippen LogP contribution in [0.1, 0.15) is 20.3 Å². The zero-order chi connectivity index (χ0) is 29.8. The largest absolute Gasteiger partial charge is 0.490 e. The summed E-state index contributed by atoms with van der Waals surface area (Å²) in [6.07, 6.45) is -5.94. The molecule has 1 rings (SSSR count). The number of carbonyl (C=O) groups is 6. The predicted octanol–water partition coefficient (Wildman–Crippen LogP) is -0.251. The van der Waals surface area contributed by atoms with Gasteiger partial charge in [0.15, 0.2) is 5.96 Å². The second-order valence-corrected chi connectivity index (χ2v) is 7.57. The van der Waals surface area contributed by atoms with Gasteiger partial charge in [0.05, 0.1) is 6.42 Å². The second-order valence-electron chi connectivity index (χ2n) is 7.57. The molecule has 210 valence electrons. The molecule has 0 radical (unpaired) electrons. The number of benzene rings is 1. The van der Waals surface area contributed by atoms with E-state index in [4.69, 9.17) is 31.3 Å². The van der Waals surface area contributed by atoms with E-state index in [1.54, 1.807) is 0 Å². The zero-order valence-electron chi connectivity index (χ0n) is 19.8. The first kappa shape index (κ1) is 33.1. The van der Waals surface area contributed by atoms with Crippen molar-refractivity contribution in [3.05, 3.63) is 24.3 Å². The molecule has 0 aliphatic carbocycles. The number of anilines is 2. The predicted molar refractivity (Wildman–Crippen MR) is 123 cm³/mol. The van der Waals surface area contributed by atoms with Gasteiger partial charge in [-0.3, -0.25) is 24.6 Å². The van der Waals surface area contributed by atoms with Gasteiger partial charge >= 0.3 is 35.9 Å². The van der Waals surface area contributed by atoms with Crippen molar-refractivity contribution in [2.24, 2.45) is 11.7 Å². The van der Waals surface area contributed by atoms with E-state index in [1.807, 2.05) is 5.32 Å². The number of amides is 3. The number of halogens is 3. The van der Waals surface area contributed by atoms with Crippen LogP contribution in [0.5, 0.6) is 0 Å². The van der Waals surface area contributed by atoms with Crippen molar-refractivity contribution in [1.29, 1.82) is 5.41 Å². The van der Waals surface area contributed by atoms with Gasteiger partial charge in [0, 0.05) is 11.4 Å². The topological polar surface area (TPSA) is 261 Å². The van der Waals surface area contributed by atoms with Crippen molar-refractivity contribution < 1.29 is 57.3 Å². The molecule has 0 aliphatic heterocycles. The first-order chi connectivity index (χ1) is 17.3.